The number of fused-ring (bicyclic) bond motifs is 1. The Labute approximate surface area is 290 Å². The molecule has 12 heteroatoms. The zero-order valence-electron chi connectivity index (χ0n) is 28.9. The molecule has 0 aliphatic heterocycles. The Bertz CT molecular complexity index is 1650. The van der Waals surface area contributed by atoms with Crippen LogP contribution in [0.1, 0.15) is 68.7 Å². The first-order valence-corrected chi connectivity index (χ1v) is 16.2. The molecule has 2 aliphatic rings. The van der Waals surface area contributed by atoms with Gasteiger partial charge in [0.15, 0.2) is 24.1 Å². The van der Waals surface area contributed by atoms with Gasteiger partial charge in [-0.05, 0) is 36.8 Å². The van der Waals surface area contributed by atoms with E-state index < -0.39 is 101 Å². The van der Waals surface area contributed by atoms with E-state index in [9.17, 15) is 39.3 Å². The van der Waals surface area contributed by atoms with Gasteiger partial charge in [-0.1, -0.05) is 75.9 Å². The number of hydrogen-bond acceptors (Lipinski definition) is 12. The van der Waals surface area contributed by atoms with Gasteiger partial charge in [0.05, 0.1) is 23.1 Å². The number of rotatable bonds is 6. The molecule has 0 radical (unpaired) electrons. The second-order valence-electron chi connectivity index (χ2n) is 13.8. The number of carbonyl (C=O) groups is 5. The van der Waals surface area contributed by atoms with E-state index in [0.29, 0.717) is 0 Å². The van der Waals surface area contributed by atoms with Crippen LogP contribution in [0.4, 0.5) is 0 Å². The van der Waals surface area contributed by atoms with Crippen LogP contribution in [0.2, 0.25) is 0 Å². The van der Waals surface area contributed by atoms with Gasteiger partial charge < -0.3 is 34.3 Å². The summed E-state index contributed by atoms with van der Waals surface area (Å²) in [6.07, 6.45) is -6.26. The minimum absolute atomic E-state index is 0.0737. The summed E-state index contributed by atoms with van der Waals surface area (Å²) < 4.78 is 23.1. The van der Waals surface area contributed by atoms with E-state index >= 15 is 0 Å². The second-order valence-corrected chi connectivity index (χ2v) is 13.8. The second kappa shape index (κ2) is 14.7. The van der Waals surface area contributed by atoms with Crippen LogP contribution in [0.3, 0.4) is 0 Å². The Morgan fingerprint density at radius 2 is 1.28 bits per heavy atom. The Morgan fingerprint density at radius 1 is 0.780 bits per heavy atom. The maximum Gasteiger partial charge on any atom is 0.338 e. The fraction of sp³-hybridized carbons (Fsp3) is 0.447. The first-order valence-electron chi connectivity index (χ1n) is 16.2. The molecule has 2 aromatic carbocycles. The van der Waals surface area contributed by atoms with Gasteiger partial charge in [-0.15, -0.1) is 0 Å². The third-order valence-corrected chi connectivity index (χ3v) is 9.27. The smallest absolute Gasteiger partial charge is 0.338 e. The highest BCUT2D eigenvalue weighted by Gasteiger charge is 2.67. The quantitative estimate of drug-likeness (QED) is 0.228. The van der Waals surface area contributed by atoms with E-state index in [1.54, 1.807) is 50.2 Å². The molecule has 0 spiro atoms. The Balaban J connectivity index is 1.96. The molecule has 3 N–H and O–H groups in total. The van der Waals surface area contributed by atoms with Gasteiger partial charge >= 0.3 is 23.9 Å². The lowest BCUT2D eigenvalue weighted by Gasteiger charge is -2.43. The summed E-state index contributed by atoms with van der Waals surface area (Å²) in [4.78, 5) is 66.3. The Morgan fingerprint density at radius 3 is 1.78 bits per heavy atom. The van der Waals surface area contributed by atoms with Crippen LogP contribution in [0, 0.1) is 17.3 Å². The molecule has 1 saturated carbocycles. The molecule has 2 aliphatic carbocycles. The maximum atomic E-state index is 14.2. The SMILES string of the molecule is C=C1[C@H](O)[C@H]2[C@@H](OC(=O)c3ccccc3)[C@](C)(O)C[C@]2(O)C(=O)[C@@H](C)/C=C/C(C)(C)[C@H](OC(C)=O)[C@H](OC(C)=O)[C@H]1OC(=O)c1ccccc1. The molecule has 0 heterocycles. The molecule has 1 fully saturated rings. The molecule has 0 saturated heterocycles. The molecule has 0 unspecified atom stereocenters. The Kier molecular flexibility index (Phi) is 11.2. The largest absolute Gasteiger partial charge is 0.458 e. The summed E-state index contributed by atoms with van der Waals surface area (Å²) in [5.74, 6) is -7.15. The summed E-state index contributed by atoms with van der Waals surface area (Å²) in [5, 5.41) is 36.2. The van der Waals surface area contributed by atoms with Gasteiger partial charge in [0, 0.05) is 31.6 Å². The highest BCUT2D eigenvalue weighted by molar-refractivity contribution is 5.93. The lowest BCUT2D eigenvalue weighted by Crippen LogP contribution is -2.57. The minimum atomic E-state index is -2.53. The van der Waals surface area contributed by atoms with Crippen LogP contribution in [0.25, 0.3) is 0 Å². The van der Waals surface area contributed by atoms with Crippen LogP contribution in [0.15, 0.2) is 85.0 Å². The zero-order chi connectivity index (χ0) is 37.2. The van der Waals surface area contributed by atoms with Crippen molar-refractivity contribution in [2.24, 2.45) is 17.3 Å². The van der Waals surface area contributed by atoms with Crippen LogP contribution in [-0.4, -0.2) is 86.7 Å². The van der Waals surface area contributed by atoms with E-state index in [4.69, 9.17) is 18.9 Å². The van der Waals surface area contributed by atoms with Crippen LogP contribution < -0.4 is 0 Å². The fourth-order valence-electron chi connectivity index (χ4n) is 6.81. The topological polar surface area (TPSA) is 183 Å². The zero-order valence-corrected chi connectivity index (χ0v) is 28.9. The molecule has 0 amide bonds. The van der Waals surface area contributed by atoms with Crippen molar-refractivity contribution in [3.05, 3.63) is 96.1 Å². The molecule has 268 valence electrons. The van der Waals surface area contributed by atoms with Gasteiger partial charge in [0.2, 0.25) is 0 Å². The van der Waals surface area contributed by atoms with E-state index in [0.717, 1.165) is 13.8 Å². The summed E-state index contributed by atoms with van der Waals surface area (Å²) in [5.41, 5.74) is -6.07. The highest BCUT2D eigenvalue weighted by atomic mass is 16.6. The number of hydrogen-bond donors (Lipinski definition) is 3. The van der Waals surface area contributed by atoms with Crippen LogP contribution in [0.5, 0.6) is 0 Å². The first kappa shape index (κ1) is 38.2. The monoisotopic (exact) mass is 692 g/mol. The van der Waals surface area contributed by atoms with Crippen LogP contribution in [-0.2, 0) is 33.3 Å². The van der Waals surface area contributed by atoms with Crippen molar-refractivity contribution >= 4 is 29.7 Å². The van der Waals surface area contributed by atoms with Crippen molar-refractivity contribution in [1.82, 2.24) is 0 Å². The lowest BCUT2D eigenvalue weighted by molar-refractivity contribution is -0.183. The summed E-state index contributed by atoms with van der Waals surface area (Å²) in [6, 6.07) is 15.5. The number of aliphatic hydroxyl groups excluding tert-OH is 1. The fourth-order valence-corrected chi connectivity index (χ4v) is 6.81. The van der Waals surface area contributed by atoms with Crippen molar-refractivity contribution in [3.63, 3.8) is 0 Å². The molecule has 9 atom stereocenters. The standard InChI is InChI=1S/C38H44O12/c1-21-18-19-36(5,6)33(48-24(4)40)30(47-23(3)39)29(49-34(43)25-14-10-8-11-15-25)22(2)28(41)27-32(37(7,45)20-38(27,46)31(21)42)50-35(44)26-16-12-9-13-17-26/h8-19,21,27-30,32-33,41,45-46H,2,20H2,1,3-7H3/b19-18+/t21-,27-,28-,29-,30+,32+,33+,37+,38+/m0/s1. The minimum Gasteiger partial charge on any atom is -0.458 e. The van der Waals surface area contributed by atoms with Gasteiger partial charge in [0.25, 0.3) is 0 Å². The predicted molar refractivity (Wildman–Crippen MR) is 178 cm³/mol. The molecule has 4 rings (SSSR count). The van der Waals surface area contributed by atoms with Gasteiger partial charge in [-0.25, -0.2) is 9.59 Å². The number of allylic oxidation sites excluding steroid dienone is 1. The molecular formula is C38H44O12. The number of Topliss-reactive ketones (excluding diaryl/α,β-unsaturated/α-hetero) is 1. The summed E-state index contributed by atoms with van der Waals surface area (Å²) in [6.45, 7) is 12.2. The van der Waals surface area contributed by atoms with Gasteiger partial charge in [-0.3, -0.25) is 14.4 Å². The first-order chi connectivity index (χ1) is 23.3. The van der Waals surface area contributed by atoms with Crippen molar-refractivity contribution < 1.29 is 58.2 Å². The number of benzene rings is 2. The van der Waals surface area contributed by atoms with Gasteiger partial charge in [-0.2, -0.15) is 0 Å². The average Bonchev–Trinajstić information content (AvgIpc) is 3.27. The molecule has 50 heavy (non-hydrogen) atoms. The van der Waals surface area contributed by atoms with Gasteiger partial charge in [0.1, 0.15) is 17.3 Å². The Hall–Kier alpha value is -4.65. The highest BCUT2D eigenvalue weighted by Crippen LogP contribution is 2.50. The van der Waals surface area contributed by atoms with Crippen molar-refractivity contribution in [1.29, 1.82) is 0 Å². The number of carbonyl (C=O) groups excluding carboxylic acids is 5. The number of aliphatic hydroxyl groups is 3. The molecule has 0 bridgehead atoms. The number of ketones is 1. The number of esters is 4. The van der Waals surface area contributed by atoms with Crippen molar-refractivity contribution in [3.8, 4) is 0 Å². The lowest BCUT2D eigenvalue weighted by atomic mass is 9.72. The molecular weight excluding hydrogens is 648 g/mol. The predicted octanol–water partition coefficient (Wildman–Crippen LogP) is 3.52. The maximum absolute atomic E-state index is 14.2. The normalized spacial score (nSPS) is 33.1. The van der Waals surface area contributed by atoms with E-state index in [2.05, 4.69) is 6.58 Å². The van der Waals surface area contributed by atoms with Crippen molar-refractivity contribution in [2.75, 3.05) is 0 Å². The summed E-state index contributed by atoms with van der Waals surface area (Å²) in [7, 11) is 0. The molecule has 2 aromatic rings. The third kappa shape index (κ3) is 7.88. The van der Waals surface area contributed by atoms with E-state index in [1.165, 1.54) is 50.3 Å². The summed E-state index contributed by atoms with van der Waals surface area (Å²) >= 11 is 0. The molecule has 0 aromatic heterocycles. The van der Waals surface area contributed by atoms with Crippen LogP contribution >= 0.6 is 0 Å². The third-order valence-electron chi connectivity index (χ3n) is 9.27. The van der Waals surface area contributed by atoms with E-state index in [1.807, 2.05) is 0 Å². The van der Waals surface area contributed by atoms with E-state index in [-0.39, 0.29) is 11.1 Å². The molecule has 12 nitrogen and oxygen atoms in total. The number of ether oxygens (including phenoxy) is 4. The average molecular weight is 693 g/mol. The van der Waals surface area contributed by atoms with Crippen molar-refractivity contribution in [2.45, 2.75) is 89.7 Å².